The van der Waals surface area contributed by atoms with Crippen molar-refractivity contribution in [3.8, 4) is 0 Å². The number of thiocarbonyl (C=S) groups is 1. The molecule has 2 rings (SSSR count). The van der Waals surface area contributed by atoms with Crippen molar-refractivity contribution in [1.29, 1.82) is 0 Å². The van der Waals surface area contributed by atoms with Crippen LogP contribution in [0.25, 0.3) is 0 Å². The van der Waals surface area contributed by atoms with Crippen LogP contribution in [0, 0.1) is 0 Å². The highest BCUT2D eigenvalue weighted by Gasteiger charge is 2.40. The molecule has 2 heterocycles. The van der Waals surface area contributed by atoms with Gasteiger partial charge in [0.2, 0.25) is 0 Å². The minimum Gasteiger partial charge on any atom is -0.329 e. The molecule has 0 aromatic heterocycles. The van der Waals surface area contributed by atoms with Crippen molar-refractivity contribution in [1.82, 2.24) is 4.90 Å². The van der Waals surface area contributed by atoms with Crippen molar-refractivity contribution >= 4 is 38.1 Å². The van der Waals surface area contributed by atoms with Gasteiger partial charge in [-0.25, -0.2) is 8.42 Å². The van der Waals surface area contributed by atoms with E-state index in [1.165, 1.54) is 17.2 Å². The SMILES string of the molecule is CCCN1C(=S)S[C@@H]2CS(=O)(=O)C=C21. The molecule has 0 amide bonds. The van der Waals surface area contributed by atoms with Crippen molar-refractivity contribution in [2.24, 2.45) is 0 Å². The van der Waals surface area contributed by atoms with Crippen LogP contribution in [0.15, 0.2) is 11.1 Å². The molecule has 0 saturated carbocycles. The maximum atomic E-state index is 11.3. The average Bonchev–Trinajstić information content (AvgIpc) is 2.47. The monoisotopic (exact) mass is 249 g/mol. The van der Waals surface area contributed by atoms with Gasteiger partial charge in [0.15, 0.2) is 9.84 Å². The molecule has 78 valence electrons. The van der Waals surface area contributed by atoms with Crippen LogP contribution in [0.1, 0.15) is 13.3 Å². The summed E-state index contributed by atoms with van der Waals surface area (Å²) in [7, 11) is -2.96. The number of fused-ring (bicyclic) bond motifs is 1. The summed E-state index contributed by atoms with van der Waals surface area (Å²) in [6, 6.07) is 0. The predicted molar refractivity (Wildman–Crippen MR) is 62.8 cm³/mol. The van der Waals surface area contributed by atoms with E-state index in [2.05, 4.69) is 6.92 Å². The van der Waals surface area contributed by atoms with Gasteiger partial charge in [-0.2, -0.15) is 0 Å². The second-order valence-electron chi connectivity index (χ2n) is 3.40. The van der Waals surface area contributed by atoms with E-state index in [1.807, 2.05) is 4.90 Å². The molecule has 0 bridgehead atoms. The number of sulfone groups is 1. The number of hydrogen-bond acceptors (Lipinski definition) is 4. The van der Waals surface area contributed by atoms with Crippen LogP contribution < -0.4 is 0 Å². The summed E-state index contributed by atoms with van der Waals surface area (Å²) in [5.41, 5.74) is 0.891. The van der Waals surface area contributed by atoms with Crippen LogP contribution in [0.2, 0.25) is 0 Å². The lowest BCUT2D eigenvalue weighted by Gasteiger charge is -2.16. The van der Waals surface area contributed by atoms with Crippen LogP contribution >= 0.6 is 24.0 Å². The smallest absolute Gasteiger partial charge is 0.174 e. The first-order valence-electron chi connectivity index (χ1n) is 4.46. The Morgan fingerprint density at radius 2 is 2.43 bits per heavy atom. The number of hydrogen-bond donors (Lipinski definition) is 0. The van der Waals surface area contributed by atoms with E-state index in [-0.39, 0.29) is 11.0 Å². The van der Waals surface area contributed by atoms with Gasteiger partial charge in [0.1, 0.15) is 4.32 Å². The Hall–Kier alpha value is -0.0700. The van der Waals surface area contributed by atoms with Gasteiger partial charge in [-0.05, 0) is 6.42 Å². The molecule has 1 atom stereocenters. The highest BCUT2D eigenvalue weighted by molar-refractivity contribution is 8.24. The Morgan fingerprint density at radius 1 is 1.71 bits per heavy atom. The molecule has 2 aliphatic heterocycles. The van der Waals surface area contributed by atoms with Gasteiger partial charge >= 0.3 is 0 Å². The molecule has 3 nitrogen and oxygen atoms in total. The van der Waals surface area contributed by atoms with Gasteiger partial charge < -0.3 is 4.90 Å². The van der Waals surface area contributed by atoms with Crippen molar-refractivity contribution in [3.63, 3.8) is 0 Å². The molecule has 0 radical (unpaired) electrons. The second-order valence-corrected chi connectivity index (χ2v) is 7.13. The molecular formula is C8H11NO2S3. The van der Waals surface area contributed by atoms with Crippen LogP contribution in [0.5, 0.6) is 0 Å². The minimum atomic E-state index is -2.96. The Balaban J connectivity index is 2.31. The average molecular weight is 249 g/mol. The quantitative estimate of drug-likeness (QED) is 0.691. The maximum Gasteiger partial charge on any atom is 0.174 e. The van der Waals surface area contributed by atoms with Gasteiger partial charge in [0.05, 0.1) is 16.4 Å². The number of thioether (sulfide) groups is 1. The standard InChI is InChI=1S/C8H11NO2S3/c1-2-3-9-6-4-14(10,11)5-7(6)13-8(9)12/h4,7H,2-3,5H2,1H3/t7-/m1/s1. The van der Waals surface area contributed by atoms with Crippen LogP contribution in [0.3, 0.4) is 0 Å². The lowest BCUT2D eigenvalue weighted by atomic mass is 10.3. The molecule has 1 saturated heterocycles. The molecule has 14 heavy (non-hydrogen) atoms. The lowest BCUT2D eigenvalue weighted by Crippen LogP contribution is -2.22. The molecule has 0 N–H and O–H groups in total. The number of rotatable bonds is 2. The molecule has 0 aromatic carbocycles. The first-order valence-corrected chi connectivity index (χ1v) is 7.46. The number of nitrogens with zero attached hydrogens (tertiary/aromatic N) is 1. The Kier molecular flexibility index (Phi) is 2.61. The van der Waals surface area contributed by atoms with Gasteiger partial charge in [-0.15, -0.1) is 0 Å². The third-order valence-corrected chi connectivity index (χ3v) is 5.47. The zero-order valence-corrected chi connectivity index (χ0v) is 10.2. The Morgan fingerprint density at radius 3 is 3.07 bits per heavy atom. The largest absolute Gasteiger partial charge is 0.329 e. The van der Waals surface area contributed by atoms with Gasteiger partial charge in [0.25, 0.3) is 0 Å². The fraction of sp³-hybridized carbons (Fsp3) is 0.625. The van der Waals surface area contributed by atoms with E-state index in [0.717, 1.165) is 23.0 Å². The summed E-state index contributed by atoms with van der Waals surface area (Å²) in [5, 5.41) is 1.44. The second kappa shape index (κ2) is 3.50. The zero-order chi connectivity index (χ0) is 10.3. The molecule has 0 aliphatic carbocycles. The van der Waals surface area contributed by atoms with E-state index in [0.29, 0.717) is 0 Å². The highest BCUT2D eigenvalue weighted by atomic mass is 32.2. The molecular weight excluding hydrogens is 238 g/mol. The van der Waals surface area contributed by atoms with Crippen LogP contribution in [0.4, 0.5) is 0 Å². The maximum absolute atomic E-state index is 11.3. The topological polar surface area (TPSA) is 37.4 Å². The van der Waals surface area contributed by atoms with Crippen molar-refractivity contribution < 1.29 is 8.42 Å². The van der Waals surface area contributed by atoms with E-state index in [1.54, 1.807) is 0 Å². The van der Waals surface area contributed by atoms with Crippen molar-refractivity contribution in [2.75, 3.05) is 12.3 Å². The zero-order valence-electron chi connectivity index (χ0n) is 7.76. The van der Waals surface area contributed by atoms with Gasteiger partial charge in [0, 0.05) is 12.2 Å². The summed E-state index contributed by atoms with van der Waals surface area (Å²) in [4.78, 5) is 1.95. The fourth-order valence-electron chi connectivity index (χ4n) is 1.67. The third-order valence-electron chi connectivity index (χ3n) is 2.24. The van der Waals surface area contributed by atoms with E-state index >= 15 is 0 Å². The Bertz CT molecular complexity index is 399. The third kappa shape index (κ3) is 1.70. The molecule has 0 aromatic rings. The first kappa shape index (κ1) is 10.4. The predicted octanol–water partition coefficient (Wildman–Crippen LogP) is 1.37. The fourth-order valence-corrected chi connectivity index (χ4v) is 5.38. The Labute approximate surface area is 93.5 Å². The van der Waals surface area contributed by atoms with Gasteiger partial charge in [-0.1, -0.05) is 30.9 Å². The van der Waals surface area contributed by atoms with Crippen molar-refractivity contribution in [2.45, 2.75) is 18.6 Å². The van der Waals surface area contributed by atoms with Crippen LogP contribution in [-0.4, -0.2) is 35.2 Å². The summed E-state index contributed by atoms with van der Waals surface area (Å²) in [6.07, 6.45) is 0.977. The summed E-state index contributed by atoms with van der Waals surface area (Å²) < 4.78 is 23.5. The molecule has 0 unspecified atom stereocenters. The first-order chi connectivity index (χ1) is 6.53. The van der Waals surface area contributed by atoms with Crippen molar-refractivity contribution in [3.05, 3.63) is 11.1 Å². The summed E-state index contributed by atoms with van der Waals surface area (Å²) >= 11 is 6.68. The van der Waals surface area contributed by atoms with Gasteiger partial charge in [-0.3, -0.25) is 0 Å². The summed E-state index contributed by atoms with van der Waals surface area (Å²) in [5.74, 6) is 0.216. The lowest BCUT2D eigenvalue weighted by molar-refractivity contribution is 0.525. The van der Waals surface area contributed by atoms with E-state index < -0.39 is 9.84 Å². The van der Waals surface area contributed by atoms with E-state index in [9.17, 15) is 8.42 Å². The molecule has 0 spiro atoms. The normalized spacial score (nSPS) is 29.2. The summed E-state index contributed by atoms with van der Waals surface area (Å²) in [6.45, 7) is 2.88. The molecule has 1 fully saturated rings. The molecule has 2 aliphatic rings. The van der Waals surface area contributed by atoms with Crippen LogP contribution in [-0.2, 0) is 9.84 Å². The molecule has 6 heteroatoms. The highest BCUT2D eigenvalue weighted by Crippen LogP contribution is 2.40. The van der Waals surface area contributed by atoms with E-state index in [4.69, 9.17) is 12.2 Å². The minimum absolute atomic E-state index is 0.0547.